The van der Waals surface area contributed by atoms with E-state index < -0.39 is 0 Å². The minimum absolute atomic E-state index is 0.181. The van der Waals surface area contributed by atoms with Crippen LogP contribution in [0.4, 0.5) is 0 Å². The molecular formula is C24H37ClO4. The number of esters is 2. The summed E-state index contributed by atoms with van der Waals surface area (Å²) in [6.07, 6.45) is 13.0. The molecule has 1 rings (SSSR count). The zero-order valence-electron chi connectivity index (χ0n) is 18.1. The van der Waals surface area contributed by atoms with Crippen molar-refractivity contribution in [2.75, 3.05) is 6.61 Å². The Morgan fingerprint density at radius 1 is 0.828 bits per heavy atom. The molecule has 0 radical (unpaired) electrons. The Balaban J connectivity index is 1.97. The number of hydrogen-bond donors (Lipinski definition) is 0. The van der Waals surface area contributed by atoms with Crippen molar-refractivity contribution >= 4 is 23.5 Å². The van der Waals surface area contributed by atoms with Gasteiger partial charge in [-0.05, 0) is 43.9 Å². The molecule has 0 aliphatic rings. The second-order valence-electron chi connectivity index (χ2n) is 7.66. The predicted molar refractivity (Wildman–Crippen MR) is 118 cm³/mol. The van der Waals surface area contributed by atoms with E-state index in [1.807, 2.05) is 13.0 Å². The summed E-state index contributed by atoms with van der Waals surface area (Å²) in [5.74, 6) is -0.128. The molecule has 4 nitrogen and oxygen atoms in total. The molecule has 1 aromatic carbocycles. The summed E-state index contributed by atoms with van der Waals surface area (Å²) in [5.41, 5.74) is 0.979. The normalized spacial score (nSPS) is 10.7. The van der Waals surface area contributed by atoms with Gasteiger partial charge in [-0.2, -0.15) is 0 Å². The number of benzene rings is 1. The van der Waals surface area contributed by atoms with Gasteiger partial charge in [0, 0.05) is 12.8 Å². The topological polar surface area (TPSA) is 52.6 Å². The van der Waals surface area contributed by atoms with Crippen LogP contribution in [-0.4, -0.2) is 18.5 Å². The third kappa shape index (κ3) is 13.3. The molecule has 0 heterocycles. The van der Waals surface area contributed by atoms with Gasteiger partial charge in [-0.25, -0.2) is 0 Å². The number of aryl methyl sites for hydroxylation is 1. The Bertz CT molecular complexity index is 601. The molecule has 1 aromatic rings. The lowest BCUT2D eigenvalue weighted by Gasteiger charge is -2.07. The molecule has 0 atom stereocenters. The van der Waals surface area contributed by atoms with E-state index >= 15 is 0 Å². The standard InChI is InChI=1S/C24H37ClO4/c1-3-4-5-6-7-8-9-10-13-18-28-23(26)14-11-12-15-24(27)29-22-19-20(2)16-17-21(22)25/h16-17,19H,3-15,18H2,1-2H3. The van der Waals surface area contributed by atoms with Gasteiger partial charge in [0.25, 0.3) is 0 Å². The third-order valence-electron chi connectivity index (χ3n) is 4.83. The molecule has 0 saturated heterocycles. The Hall–Kier alpha value is -1.55. The molecule has 164 valence electrons. The second-order valence-corrected chi connectivity index (χ2v) is 8.07. The van der Waals surface area contributed by atoms with Crippen LogP contribution in [0, 0.1) is 6.92 Å². The minimum Gasteiger partial charge on any atom is -0.466 e. The average molecular weight is 425 g/mol. The van der Waals surface area contributed by atoms with Crippen LogP contribution in [-0.2, 0) is 14.3 Å². The van der Waals surface area contributed by atoms with E-state index in [1.54, 1.807) is 12.1 Å². The molecule has 0 amide bonds. The highest BCUT2D eigenvalue weighted by atomic mass is 35.5. The van der Waals surface area contributed by atoms with Crippen LogP contribution in [0.2, 0.25) is 5.02 Å². The van der Waals surface area contributed by atoms with Crippen LogP contribution >= 0.6 is 11.6 Å². The Morgan fingerprint density at radius 3 is 2.07 bits per heavy atom. The predicted octanol–water partition coefficient (Wildman–Crippen LogP) is 7.19. The minimum atomic E-state index is -0.333. The highest BCUT2D eigenvalue weighted by molar-refractivity contribution is 6.32. The maximum Gasteiger partial charge on any atom is 0.311 e. The third-order valence-corrected chi connectivity index (χ3v) is 5.15. The molecule has 5 heteroatoms. The van der Waals surface area contributed by atoms with Crippen LogP contribution in [0.5, 0.6) is 5.75 Å². The molecule has 0 aromatic heterocycles. The molecule has 0 N–H and O–H groups in total. The van der Waals surface area contributed by atoms with E-state index in [0.29, 0.717) is 36.6 Å². The molecule has 29 heavy (non-hydrogen) atoms. The van der Waals surface area contributed by atoms with Gasteiger partial charge in [0.1, 0.15) is 5.75 Å². The van der Waals surface area contributed by atoms with Gasteiger partial charge in [-0.15, -0.1) is 0 Å². The van der Waals surface area contributed by atoms with Gasteiger partial charge in [-0.1, -0.05) is 76.0 Å². The van der Waals surface area contributed by atoms with Crippen molar-refractivity contribution in [3.05, 3.63) is 28.8 Å². The lowest BCUT2D eigenvalue weighted by molar-refractivity contribution is -0.144. The van der Waals surface area contributed by atoms with E-state index in [9.17, 15) is 9.59 Å². The Kier molecular flexibility index (Phi) is 14.3. The van der Waals surface area contributed by atoms with Crippen LogP contribution < -0.4 is 4.74 Å². The average Bonchev–Trinajstić information content (AvgIpc) is 2.69. The van der Waals surface area contributed by atoms with E-state index in [2.05, 4.69) is 6.92 Å². The van der Waals surface area contributed by atoms with Crippen molar-refractivity contribution in [1.82, 2.24) is 0 Å². The molecule has 0 fully saturated rings. The summed E-state index contributed by atoms with van der Waals surface area (Å²) >= 11 is 6.02. The largest absolute Gasteiger partial charge is 0.466 e. The maximum absolute atomic E-state index is 11.9. The Labute approximate surface area is 181 Å². The number of unbranched alkanes of at least 4 members (excludes halogenated alkanes) is 9. The fourth-order valence-corrected chi connectivity index (χ4v) is 3.23. The lowest BCUT2D eigenvalue weighted by atomic mass is 10.1. The molecule has 0 aliphatic carbocycles. The molecular weight excluding hydrogens is 388 g/mol. The van der Waals surface area contributed by atoms with Gasteiger partial charge in [0.05, 0.1) is 11.6 Å². The van der Waals surface area contributed by atoms with Crippen molar-refractivity contribution < 1.29 is 19.1 Å². The van der Waals surface area contributed by atoms with Crippen molar-refractivity contribution in [3.8, 4) is 5.75 Å². The summed E-state index contributed by atoms with van der Waals surface area (Å²) in [6, 6.07) is 5.31. The van der Waals surface area contributed by atoms with Crippen LogP contribution in [0.1, 0.15) is 96.0 Å². The first-order valence-corrected chi connectivity index (χ1v) is 11.5. The first-order valence-electron chi connectivity index (χ1n) is 11.2. The fraction of sp³-hybridized carbons (Fsp3) is 0.667. The van der Waals surface area contributed by atoms with Crippen molar-refractivity contribution in [1.29, 1.82) is 0 Å². The van der Waals surface area contributed by atoms with E-state index in [0.717, 1.165) is 18.4 Å². The van der Waals surface area contributed by atoms with Crippen LogP contribution in [0.25, 0.3) is 0 Å². The summed E-state index contributed by atoms with van der Waals surface area (Å²) in [6.45, 7) is 4.65. The fourth-order valence-electron chi connectivity index (χ4n) is 3.07. The quantitative estimate of drug-likeness (QED) is 0.160. The van der Waals surface area contributed by atoms with Crippen LogP contribution in [0.3, 0.4) is 0 Å². The lowest BCUT2D eigenvalue weighted by Crippen LogP contribution is -2.09. The summed E-state index contributed by atoms with van der Waals surface area (Å²) in [4.78, 5) is 23.6. The smallest absolute Gasteiger partial charge is 0.311 e. The number of halogens is 1. The molecule has 0 spiro atoms. The van der Waals surface area contributed by atoms with Gasteiger partial charge in [-0.3, -0.25) is 9.59 Å². The molecule has 0 bridgehead atoms. The molecule has 0 unspecified atom stereocenters. The highest BCUT2D eigenvalue weighted by Crippen LogP contribution is 2.25. The van der Waals surface area contributed by atoms with Crippen LogP contribution in [0.15, 0.2) is 18.2 Å². The number of rotatable bonds is 16. The van der Waals surface area contributed by atoms with E-state index in [4.69, 9.17) is 21.1 Å². The van der Waals surface area contributed by atoms with Crippen molar-refractivity contribution in [3.63, 3.8) is 0 Å². The number of carbonyl (C=O) groups excluding carboxylic acids is 2. The first kappa shape index (κ1) is 25.5. The monoisotopic (exact) mass is 424 g/mol. The van der Waals surface area contributed by atoms with Gasteiger partial charge in [0.2, 0.25) is 0 Å². The van der Waals surface area contributed by atoms with Gasteiger partial charge < -0.3 is 9.47 Å². The first-order chi connectivity index (χ1) is 14.0. The van der Waals surface area contributed by atoms with E-state index in [-0.39, 0.29) is 18.4 Å². The zero-order valence-corrected chi connectivity index (χ0v) is 18.9. The molecule has 0 saturated carbocycles. The second kappa shape index (κ2) is 16.3. The number of carbonyl (C=O) groups is 2. The number of ether oxygens (including phenoxy) is 2. The Morgan fingerprint density at radius 2 is 1.41 bits per heavy atom. The zero-order chi connectivity index (χ0) is 21.3. The summed E-state index contributed by atoms with van der Waals surface area (Å²) < 4.78 is 10.5. The van der Waals surface area contributed by atoms with Crippen molar-refractivity contribution in [2.24, 2.45) is 0 Å². The van der Waals surface area contributed by atoms with Crippen molar-refractivity contribution in [2.45, 2.75) is 97.3 Å². The van der Waals surface area contributed by atoms with Gasteiger partial charge in [0.15, 0.2) is 0 Å². The molecule has 0 aliphatic heterocycles. The number of hydrogen-bond acceptors (Lipinski definition) is 4. The van der Waals surface area contributed by atoms with Gasteiger partial charge >= 0.3 is 11.9 Å². The van der Waals surface area contributed by atoms with E-state index in [1.165, 1.54) is 44.9 Å². The highest BCUT2D eigenvalue weighted by Gasteiger charge is 2.10. The summed E-state index contributed by atoms with van der Waals surface area (Å²) in [5, 5.41) is 0.420. The summed E-state index contributed by atoms with van der Waals surface area (Å²) in [7, 11) is 0. The maximum atomic E-state index is 11.9. The SMILES string of the molecule is CCCCCCCCCCCOC(=O)CCCCC(=O)Oc1cc(C)ccc1Cl.